The molecule has 1 saturated heterocycles. The molecule has 1 N–H and O–H groups in total. The summed E-state index contributed by atoms with van der Waals surface area (Å²) in [6, 6.07) is 2.65. The van der Waals surface area contributed by atoms with Crippen LogP contribution in [0.1, 0.15) is 38.5 Å². The van der Waals surface area contributed by atoms with Gasteiger partial charge in [-0.1, -0.05) is 0 Å². The van der Waals surface area contributed by atoms with Crippen molar-refractivity contribution < 1.29 is 0 Å². The van der Waals surface area contributed by atoms with Gasteiger partial charge in [0.2, 0.25) is 0 Å². The van der Waals surface area contributed by atoms with E-state index in [1.54, 1.807) is 0 Å². The summed E-state index contributed by atoms with van der Waals surface area (Å²) < 4.78 is 0. The van der Waals surface area contributed by atoms with E-state index in [4.69, 9.17) is 0 Å². The molecular formula is C14H27N3. The van der Waals surface area contributed by atoms with E-state index in [9.17, 15) is 0 Å². The van der Waals surface area contributed by atoms with Gasteiger partial charge in [-0.2, -0.15) is 0 Å². The van der Waals surface area contributed by atoms with Gasteiger partial charge in [0.1, 0.15) is 0 Å². The van der Waals surface area contributed by atoms with Crippen molar-refractivity contribution in [2.24, 2.45) is 0 Å². The average Bonchev–Trinajstić information content (AvgIpc) is 3.24. The van der Waals surface area contributed by atoms with E-state index in [0.29, 0.717) is 0 Å². The molecule has 1 aliphatic heterocycles. The molecule has 3 nitrogen and oxygen atoms in total. The average molecular weight is 237 g/mol. The Hall–Kier alpha value is -0.120. The smallest absolute Gasteiger partial charge is 0.0113 e. The first kappa shape index (κ1) is 11.9. The van der Waals surface area contributed by atoms with Crippen LogP contribution in [0.5, 0.6) is 0 Å². The molecule has 17 heavy (non-hydrogen) atoms. The van der Waals surface area contributed by atoms with Gasteiger partial charge in [-0.25, -0.2) is 0 Å². The van der Waals surface area contributed by atoms with Crippen LogP contribution in [-0.4, -0.2) is 61.2 Å². The molecule has 0 atom stereocenters. The van der Waals surface area contributed by atoms with Crippen LogP contribution >= 0.6 is 0 Å². The molecule has 2 saturated carbocycles. The second-order valence-corrected chi connectivity index (χ2v) is 6.10. The third-order valence-electron chi connectivity index (χ3n) is 5.03. The van der Waals surface area contributed by atoms with Crippen LogP contribution in [0.2, 0.25) is 0 Å². The maximum absolute atomic E-state index is 3.43. The van der Waals surface area contributed by atoms with Gasteiger partial charge in [0.15, 0.2) is 0 Å². The van der Waals surface area contributed by atoms with Crippen LogP contribution in [0, 0.1) is 0 Å². The Labute approximate surface area is 106 Å². The molecule has 3 fully saturated rings. The minimum atomic E-state index is 0.791. The maximum Gasteiger partial charge on any atom is 0.0113 e. The minimum absolute atomic E-state index is 0.791. The molecule has 0 bridgehead atoms. The lowest BCUT2D eigenvalue weighted by Crippen LogP contribution is -2.52. The van der Waals surface area contributed by atoms with Gasteiger partial charge in [0.25, 0.3) is 0 Å². The number of rotatable bonds is 3. The van der Waals surface area contributed by atoms with Crippen molar-refractivity contribution in [3.8, 4) is 0 Å². The lowest BCUT2D eigenvalue weighted by molar-refractivity contribution is 0.0710. The molecule has 0 amide bonds. The summed E-state index contributed by atoms with van der Waals surface area (Å²) in [7, 11) is 2.11. The van der Waals surface area contributed by atoms with Crippen molar-refractivity contribution >= 4 is 0 Å². The third kappa shape index (κ3) is 2.83. The topological polar surface area (TPSA) is 18.5 Å². The van der Waals surface area contributed by atoms with E-state index in [0.717, 1.165) is 18.1 Å². The van der Waals surface area contributed by atoms with Gasteiger partial charge < -0.3 is 5.32 Å². The highest BCUT2D eigenvalue weighted by molar-refractivity contribution is 4.90. The molecule has 0 unspecified atom stereocenters. The van der Waals surface area contributed by atoms with Gasteiger partial charge in [-0.15, -0.1) is 0 Å². The largest absolute Gasteiger partial charge is 0.317 e. The second-order valence-electron chi connectivity index (χ2n) is 6.10. The fourth-order valence-corrected chi connectivity index (χ4v) is 3.64. The fraction of sp³-hybridized carbons (Fsp3) is 1.00. The molecule has 0 spiro atoms. The molecule has 0 aromatic heterocycles. The quantitative estimate of drug-likeness (QED) is 0.798. The Morgan fingerprint density at radius 2 is 1.12 bits per heavy atom. The van der Waals surface area contributed by atoms with E-state index in [1.165, 1.54) is 64.7 Å². The van der Waals surface area contributed by atoms with Crippen LogP contribution in [0.25, 0.3) is 0 Å². The van der Waals surface area contributed by atoms with Crippen molar-refractivity contribution in [1.82, 2.24) is 15.1 Å². The molecule has 0 radical (unpaired) electrons. The van der Waals surface area contributed by atoms with Crippen LogP contribution in [0.3, 0.4) is 0 Å². The highest BCUT2D eigenvalue weighted by Gasteiger charge is 2.33. The van der Waals surface area contributed by atoms with E-state index >= 15 is 0 Å². The number of hydrogen-bond acceptors (Lipinski definition) is 3. The fourth-order valence-electron chi connectivity index (χ4n) is 3.64. The summed E-state index contributed by atoms with van der Waals surface area (Å²) in [5.74, 6) is 0. The van der Waals surface area contributed by atoms with Gasteiger partial charge in [-0.05, 0) is 45.6 Å². The number of hydrogen-bond donors (Lipinski definition) is 1. The Morgan fingerprint density at radius 3 is 1.47 bits per heavy atom. The first-order chi connectivity index (χ1) is 8.36. The standard InChI is InChI=1S/C14H27N3/c1-15-12-2-4-13(5-3-12)16-8-10-17(11-9-16)14-6-7-14/h12-15H,2-11H2,1H3. The van der Waals surface area contributed by atoms with Crippen LogP contribution < -0.4 is 5.32 Å². The Balaban J connectivity index is 1.43. The molecule has 0 aromatic rings. The molecule has 3 heteroatoms. The normalized spacial score (nSPS) is 37.2. The summed E-state index contributed by atoms with van der Waals surface area (Å²) in [4.78, 5) is 5.49. The van der Waals surface area contributed by atoms with E-state index in [1.807, 2.05) is 0 Å². The van der Waals surface area contributed by atoms with Gasteiger partial charge in [0, 0.05) is 44.3 Å². The molecular weight excluding hydrogens is 210 g/mol. The van der Waals surface area contributed by atoms with Crippen molar-refractivity contribution in [2.45, 2.75) is 56.7 Å². The predicted octanol–water partition coefficient (Wildman–Crippen LogP) is 1.30. The van der Waals surface area contributed by atoms with Crippen LogP contribution in [0.4, 0.5) is 0 Å². The first-order valence-electron chi connectivity index (χ1n) is 7.52. The minimum Gasteiger partial charge on any atom is -0.317 e. The summed E-state index contributed by atoms with van der Waals surface area (Å²) in [5, 5.41) is 3.43. The zero-order chi connectivity index (χ0) is 11.7. The lowest BCUT2D eigenvalue weighted by Gasteiger charge is -2.42. The van der Waals surface area contributed by atoms with Crippen molar-refractivity contribution in [1.29, 1.82) is 0 Å². The molecule has 2 aliphatic carbocycles. The van der Waals surface area contributed by atoms with Crippen molar-refractivity contribution in [3.05, 3.63) is 0 Å². The number of nitrogens with one attached hydrogen (secondary N) is 1. The Morgan fingerprint density at radius 1 is 0.706 bits per heavy atom. The van der Waals surface area contributed by atoms with E-state index in [2.05, 4.69) is 22.2 Å². The van der Waals surface area contributed by atoms with E-state index in [-0.39, 0.29) is 0 Å². The van der Waals surface area contributed by atoms with Gasteiger partial charge in [-0.3, -0.25) is 9.80 Å². The monoisotopic (exact) mass is 237 g/mol. The highest BCUT2D eigenvalue weighted by atomic mass is 15.3. The molecule has 0 aromatic carbocycles. The summed E-state index contributed by atoms with van der Waals surface area (Å²) in [5.41, 5.74) is 0. The van der Waals surface area contributed by atoms with Crippen LogP contribution in [-0.2, 0) is 0 Å². The zero-order valence-electron chi connectivity index (χ0n) is 11.2. The molecule has 98 valence electrons. The van der Waals surface area contributed by atoms with Gasteiger partial charge in [0.05, 0.1) is 0 Å². The van der Waals surface area contributed by atoms with Gasteiger partial charge >= 0.3 is 0 Å². The Bertz CT molecular complexity index is 236. The summed E-state index contributed by atoms with van der Waals surface area (Å²) >= 11 is 0. The lowest BCUT2D eigenvalue weighted by atomic mass is 9.90. The van der Waals surface area contributed by atoms with Crippen molar-refractivity contribution in [2.75, 3.05) is 33.2 Å². The van der Waals surface area contributed by atoms with Crippen LogP contribution in [0.15, 0.2) is 0 Å². The van der Waals surface area contributed by atoms with E-state index < -0.39 is 0 Å². The zero-order valence-corrected chi connectivity index (χ0v) is 11.2. The molecule has 3 aliphatic rings. The second kappa shape index (κ2) is 5.25. The molecule has 3 rings (SSSR count). The Kier molecular flexibility index (Phi) is 3.69. The van der Waals surface area contributed by atoms with Crippen molar-refractivity contribution in [3.63, 3.8) is 0 Å². The first-order valence-corrected chi connectivity index (χ1v) is 7.52. The number of piperazine rings is 1. The maximum atomic E-state index is 3.43. The highest BCUT2D eigenvalue weighted by Crippen LogP contribution is 2.29. The molecule has 1 heterocycles. The summed E-state index contributed by atoms with van der Waals surface area (Å²) in [6.07, 6.45) is 8.51. The third-order valence-corrected chi connectivity index (χ3v) is 5.03. The number of nitrogens with zero attached hydrogens (tertiary/aromatic N) is 2. The predicted molar refractivity (Wildman–Crippen MR) is 71.3 cm³/mol. The summed E-state index contributed by atoms with van der Waals surface area (Å²) in [6.45, 7) is 5.31. The SMILES string of the molecule is CNC1CCC(N2CCN(C3CC3)CC2)CC1.